The second kappa shape index (κ2) is 8.92. The standard InChI is InChI=1S/C17H22BNO2P/c1-13(2)14(3)21-16-9-7-10-17(19-16)22-20-12-15-8-5-4-6-11-18-15/h4-11,13-14,22H,12H2,1-3H3. The van der Waals surface area contributed by atoms with Gasteiger partial charge in [0.25, 0.3) is 0 Å². The van der Waals surface area contributed by atoms with E-state index >= 15 is 0 Å². The van der Waals surface area contributed by atoms with Gasteiger partial charge < -0.3 is 9.26 Å². The van der Waals surface area contributed by atoms with Crippen molar-refractivity contribution in [1.82, 2.24) is 4.98 Å². The number of aromatic nitrogens is 1. The number of rotatable bonds is 7. The number of hydrogen-bond acceptors (Lipinski definition) is 3. The molecular weight excluding hydrogens is 292 g/mol. The van der Waals surface area contributed by atoms with Gasteiger partial charge in [0.05, 0.1) is 27.0 Å². The van der Waals surface area contributed by atoms with Crippen molar-refractivity contribution in [2.75, 3.05) is 6.61 Å². The average molecular weight is 314 g/mol. The normalized spacial score (nSPS) is 15.7. The highest BCUT2D eigenvalue weighted by Crippen LogP contribution is 2.17. The molecule has 1 aliphatic heterocycles. The Bertz CT molecular complexity index is 570. The molecule has 0 aliphatic carbocycles. The third-order valence-corrected chi connectivity index (χ3v) is 4.11. The van der Waals surface area contributed by atoms with Crippen molar-refractivity contribution in [2.45, 2.75) is 26.9 Å². The summed E-state index contributed by atoms with van der Waals surface area (Å²) in [6.45, 7) is 6.92. The van der Waals surface area contributed by atoms with E-state index in [0.717, 1.165) is 10.9 Å². The van der Waals surface area contributed by atoms with Crippen molar-refractivity contribution in [3.05, 3.63) is 54.0 Å². The smallest absolute Gasteiger partial charge is 0.214 e. The van der Waals surface area contributed by atoms with Gasteiger partial charge in [0, 0.05) is 6.07 Å². The first-order chi connectivity index (χ1) is 10.6. The molecule has 0 N–H and O–H groups in total. The molecule has 0 bridgehead atoms. The van der Waals surface area contributed by atoms with Crippen molar-refractivity contribution in [3.8, 4) is 5.88 Å². The zero-order valence-corrected chi connectivity index (χ0v) is 14.3. The second-order valence-electron chi connectivity index (χ2n) is 5.50. The SMILES string of the molecule is CC(C)C(C)Oc1cccc(POCC2=CC=CC=C[B]2)n1. The average Bonchev–Trinajstić information content (AvgIpc) is 2.76. The second-order valence-corrected chi connectivity index (χ2v) is 6.50. The molecule has 2 unspecified atom stereocenters. The maximum absolute atomic E-state index is 5.83. The summed E-state index contributed by atoms with van der Waals surface area (Å²) in [7, 11) is 2.27. The summed E-state index contributed by atoms with van der Waals surface area (Å²) in [5, 5.41) is 0. The van der Waals surface area contributed by atoms with Crippen LogP contribution in [0.3, 0.4) is 0 Å². The van der Waals surface area contributed by atoms with E-state index < -0.39 is 0 Å². The Morgan fingerprint density at radius 3 is 2.86 bits per heavy atom. The molecule has 1 aliphatic rings. The van der Waals surface area contributed by atoms with Crippen LogP contribution in [-0.4, -0.2) is 25.0 Å². The summed E-state index contributed by atoms with van der Waals surface area (Å²) in [6, 6.07) is 5.82. The summed E-state index contributed by atoms with van der Waals surface area (Å²) < 4.78 is 11.6. The van der Waals surface area contributed by atoms with Gasteiger partial charge in [-0.15, -0.1) is 5.98 Å². The first kappa shape index (κ1) is 17.0. The van der Waals surface area contributed by atoms with Crippen molar-refractivity contribution < 1.29 is 9.26 Å². The van der Waals surface area contributed by atoms with Crippen molar-refractivity contribution in [2.24, 2.45) is 5.92 Å². The summed E-state index contributed by atoms with van der Waals surface area (Å²) in [4.78, 5) is 4.50. The molecule has 2 heterocycles. The molecular formula is C17H22BNO2P. The molecule has 0 fully saturated rings. The van der Waals surface area contributed by atoms with Gasteiger partial charge in [0.15, 0.2) is 7.28 Å². The van der Waals surface area contributed by atoms with E-state index in [9.17, 15) is 0 Å². The van der Waals surface area contributed by atoms with E-state index in [1.165, 1.54) is 0 Å². The molecule has 3 nitrogen and oxygen atoms in total. The van der Waals surface area contributed by atoms with E-state index in [-0.39, 0.29) is 14.9 Å². The molecule has 115 valence electrons. The van der Waals surface area contributed by atoms with Gasteiger partial charge in [0.2, 0.25) is 5.88 Å². The fourth-order valence-electron chi connectivity index (χ4n) is 1.70. The highest BCUT2D eigenvalue weighted by Gasteiger charge is 2.10. The van der Waals surface area contributed by atoms with Crippen molar-refractivity contribution in [1.29, 1.82) is 0 Å². The van der Waals surface area contributed by atoms with Gasteiger partial charge in [-0.1, -0.05) is 49.7 Å². The van der Waals surface area contributed by atoms with Gasteiger partial charge >= 0.3 is 0 Å². The molecule has 22 heavy (non-hydrogen) atoms. The van der Waals surface area contributed by atoms with Crippen LogP contribution in [0.25, 0.3) is 0 Å². The van der Waals surface area contributed by atoms with Gasteiger partial charge in [-0.3, -0.25) is 0 Å². The monoisotopic (exact) mass is 314 g/mol. The predicted octanol–water partition coefficient (Wildman–Crippen LogP) is 3.41. The first-order valence-electron chi connectivity index (χ1n) is 7.54. The lowest BCUT2D eigenvalue weighted by atomic mass is 9.70. The zero-order chi connectivity index (χ0) is 15.8. The third-order valence-electron chi connectivity index (χ3n) is 3.34. The lowest BCUT2D eigenvalue weighted by molar-refractivity contribution is 0.164. The van der Waals surface area contributed by atoms with Gasteiger partial charge in [-0.05, 0) is 18.9 Å². The van der Waals surface area contributed by atoms with Crippen LogP contribution in [0.1, 0.15) is 20.8 Å². The number of ether oxygens (including phenoxy) is 1. The Kier molecular flexibility index (Phi) is 6.89. The molecule has 0 aromatic carbocycles. The molecule has 0 amide bonds. The molecule has 1 aromatic rings. The summed E-state index contributed by atoms with van der Waals surface area (Å²) >= 11 is 0. The van der Waals surface area contributed by atoms with Gasteiger partial charge in [-0.25, -0.2) is 4.98 Å². The maximum Gasteiger partial charge on any atom is 0.214 e. The van der Waals surface area contributed by atoms with E-state index in [1.54, 1.807) is 0 Å². The summed E-state index contributed by atoms with van der Waals surface area (Å²) in [5.74, 6) is 3.14. The quantitative estimate of drug-likeness (QED) is 0.571. The third kappa shape index (κ3) is 5.78. The van der Waals surface area contributed by atoms with Gasteiger partial charge in [-0.2, -0.15) is 0 Å². The van der Waals surface area contributed by atoms with E-state index in [1.807, 2.05) is 42.4 Å². The first-order valence-corrected chi connectivity index (χ1v) is 8.45. The lowest BCUT2D eigenvalue weighted by Gasteiger charge is -2.17. The minimum atomic E-state index is 0.149. The van der Waals surface area contributed by atoms with Crippen LogP contribution in [0, 0.1) is 5.92 Å². The van der Waals surface area contributed by atoms with Crippen LogP contribution < -0.4 is 10.2 Å². The zero-order valence-electron chi connectivity index (χ0n) is 13.3. The fourth-order valence-corrected chi connectivity index (χ4v) is 2.40. The van der Waals surface area contributed by atoms with Crippen LogP contribution in [0.4, 0.5) is 0 Å². The highest BCUT2D eigenvalue weighted by atomic mass is 31.1. The predicted molar refractivity (Wildman–Crippen MR) is 95.2 cm³/mol. The maximum atomic E-state index is 5.83. The Morgan fingerprint density at radius 2 is 2.05 bits per heavy atom. The van der Waals surface area contributed by atoms with Gasteiger partial charge in [0.1, 0.15) is 0 Å². The molecule has 5 heteroatoms. The van der Waals surface area contributed by atoms with Crippen molar-refractivity contribution in [3.63, 3.8) is 0 Å². The van der Waals surface area contributed by atoms with Crippen LogP contribution in [-0.2, 0) is 4.52 Å². The Balaban J connectivity index is 1.84. The summed E-state index contributed by atoms with van der Waals surface area (Å²) in [6.07, 6.45) is 8.23. The van der Waals surface area contributed by atoms with E-state index in [0.29, 0.717) is 18.4 Å². The molecule has 1 radical (unpaired) electrons. The van der Waals surface area contributed by atoms with Crippen LogP contribution in [0.2, 0.25) is 0 Å². The van der Waals surface area contributed by atoms with Crippen LogP contribution in [0.15, 0.2) is 54.0 Å². The minimum Gasteiger partial charge on any atom is -0.474 e. The summed E-state index contributed by atoms with van der Waals surface area (Å²) in [5.41, 5.74) is 2.06. The topological polar surface area (TPSA) is 31.4 Å². The molecule has 2 atom stereocenters. The Morgan fingerprint density at radius 1 is 1.18 bits per heavy atom. The van der Waals surface area contributed by atoms with Crippen molar-refractivity contribution >= 4 is 21.5 Å². The van der Waals surface area contributed by atoms with E-state index in [2.05, 4.69) is 39.1 Å². The number of pyridine rings is 1. The number of allylic oxidation sites excluding steroid dienone is 4. The molecule has 0 spiro atoms. The molecule has 2 rings (SSSR count). The number of nitrogens with zero attached hydrogens (tertiary/aromatic N) is 1. The minimum absolute atomic E-state index is 0.149. The molecule has 0 saturated carbocycles. The number of hydrogen-bond donors (Lipinski definition) is 0. The lowest BCUT2D eigenvalue weighted by Crippen LogP contribution is -2.20. The molecule has 0 saturated heterocycles. The Hall–Kier alpha value is -1.38. The van der Waals surface area contributed by atoms with Crippen LogP contribution in [0.5, 0.6) is 5.88 Å². The van der Waals surface area contributed by atoms with Crippen LogP contribution >= 0.6 is 8.81 Å². The highest BCUT2D eigenvalue weighted by molar-refractivity contribution is 7.41. The Labute approximate surface area is 135 Å². The fraction of sp³-hybridized carbons (Fsp3) is 0.353. The van der Waals surface area contributed by atoms with E-state index in [4.69, 9.17) is 9.26 Å². The largest absolute Gasteiger partial charge is 0.474 e. The molecule has 1 aromatic heterocycles.